The van der Waals surface area contributed by atoms with Gasteiger partial charge in [0.25, 0.3) is 0 Å². The largest absolute Gasteiger partial charge is 0 e. The SMILES string of the molecule is [La].[Pt].[Pt].[Pt]. The first-order chi connectivity index (χ1) is 0. The van der Waals surface area contributed by atoms with E-state index in [0.717, 1.165) is 0 Å². The third-order valence-electron chi connectivity index (χ3n) is 0. The van der Waals surface area contributed by atoms with Crippen molar-refractivity contribution < 1.29 is 98.8 Å². The van der Waals surface area contributed by atoms with E-state index in [-0.39, 0.29) is 98.8 Å². The van der Waals surface area contributed by atoms with Gasteiger partial charge in [-0.25, -0.2) is 0 Å². The van der Waals surface area contributed by atoms with Crippen LogP contribution in [0.25, 0.3) is 0 Å². The van der Waals surface area contributed by atoms with Crippen molar-refractivity contribution in [2.45, 2.75) is 0 Å². The Kier molecular flexibility index (Phi) is 109. The van der Waals surface area contributed by atoms with Crippen molar-refractivity contribution in [3.05, 3.63) is 0 Å². The van der Waals surface area contributed by atoms with E-state index in [2.05, 4.69) is 0 Å². The van der Waals surface area contributed by atoms with Crippen molar-refractivity contribution in [3.63, 3.8) is 0 Å². The molecule has 0 rings (SSSR count). The quantitative estimate of drug-likeness (QED) is 0.331. The second-order valence-electron chi connectivity index (χ2n) is 0. The zero-order valence-corrected chi connectivity index (χ0v) is 12.0. The molecule has 1 radical (unpaired) electrons. The van der Waals surface area contributed by atoms with Gasteiger partial charge in [-0.2, -0.15) is 0 Å². The van der Waals surface area contributed by atoms with E-state index in [0.29, 0.717) is 0 Å². The van der Waals surface area contributed by atoms with E-state index in [1.165, 1.54) is 0 Å². The standard InChI is InChI=1S/La.3Pt. The summed E-state index contributed by atoms with van der Waals surface area (Å²) in [6.45, 7) is 0. The fourth-order valence-electron chi connectivity index (χ4n) is 0. The van der Waals surface area contributed by atoms with Gasteiger partial charge in [-0.3, -0.25) is 0 Å². The molecule has 0 spiro atoms. The van der Waals surface area contributed by atoms with Crippen molar-refractivity contribution in [1.29, 1.82) is 0 Å². The maximum Gasteiger partial charge on any atom is 0 e. The average molecular weight is 724 g/mol. The number of hydrogen-bond acceptors (Lipinski definition) is 0. The first-order valence-electron chi connectivity index (χ1n) is 0. The summed E-state index contributed by atoms with van der Waals surface area (Å²) in [5.74, 6) is 0. The van der Waals surface area contributed by atoms with Gasteiger partial charge in [0.05, 0.1) is 0 Å². The molecule has 0 aliphatic carbocycles. The molecule has 0 unspecified atom stereocenters. The van der Waals surface area contributed by atoms with Gasteiger partial charge < -0.3 is 0 Å². The molecule has 0 aliphatic rings. The third kappa shape index (κ3) is 8.98. The van der Waals surface area contributed by atoms with Crippen LogP contribution in [0.1, 0.15) is 0 Å². The molecule has 33 valence electrons. The first-order valence-corrected chi connectivity index (χ1v) is 0. The zero-order chi connectivity index (χ0) is 0. The Hall–Kier alpha value is 3.26. The Morgan fingerprint density at radius 1 is 0.500 bits per heavy atom. The van der Waals surface area contributed by atoms with Gasteiger partial charge in [0.15, 0.2) is 0 Å². The molecule has 0 saturated heterocycles. The zero-order valence-electron chi connectivity index (χ0n) is 1.53. The predicted molar refractivity (Wildman–Crippen MR) is 0 cm³/mol. The minimum absolute atomic E-state index is 0. The molecule has 0 bridgehead atoms. The van der Waals surface area contributed by atoms with Gasteiger partial charge in [0.2, 0.25) is 0 Å². The summed E-state index contributed by atoms with van der Waals surface area (Å²) in [4.78, 5) is 0. The molecule has 0 aliphatic heterocycles. The molecule has 0 aromatic carbocycles. The molecule has 0 nitrogen and oxygen atoms in total. The van der Waals surface area contributed by atoms with Gasteiger partial charge in [-0.1, -0.05) is 0 Å². The molecule has 4 heavy (non-hydrogen) atoms. The summed E-state index contributed by atoms with van der Waals surface area (Å²) in [5.41, 5.74) is 0. The Bertz CT molecular complexity index is 3.25. The van der Waals surface area contributed by atoms with E-state index in [1.807, 2.05) is 0 Å². The molecule has 0 fully saturated rings. The number of hydrogen-bond donors (Lipinski definition) is 0. The van der Waals surface area contributed by atoms with Crippen LogP contribution in [0, 0.1) is 35.6 Å². The summed E-state index contributed by atoms with van der Waals surface area (Å²) < 4.78 is 0. The Labute approximate surface area is 96.6 Å². The Morgan fingerprint density at radius 3 is 0.500 bits per heavy atom. The Morgan fingerprint density at radius 2 is 0.500 bits per heavy atom. The third-order valence-corrected chi connectivity index (χ3v) is 0. The summed E-state index contributed by atoms with van der Waals surface area (Å²) >= 11 is 0. The van der Waals surface area contributed by atoms with Crippen LogP contribution in [0.2, 0.25) is 0 Å². The van der Waals surface area contributed by atoms with Gasteiger partial charge in [0.1, 0.15) is 0 Å². The number of rotatable bonds is 0. The predicted octanol–water partition coefficient (Wildman–Crippen LogP) is -0.00750. The maximum absolute atomic E-state index is 0. The van der Waals surface area contributed by atoms with Crippen molar-refractivity contribution in [2.24, 2.45) is 0 Å². The topological polar surface area (TPSA) is 0 Å². The van der Waals surface area contributed by atoms with Gasteiger partial charge in [-0.15, -0.1) is 0 Å². The van der Waals surface area contributed by atoms with Crippen molar-refractivity contribution in [2.75, 3.05) is 0 Å². The summed E-state index contributed by atoms with van der Waals surface area (Å²) in [6.07, 6.45) is 0. The second-order valence-corrected chi connectivity index (χ2v) is 0. The molecule has 0 saturated carbocycles. The summed E-state index contributed by atoms with van der Waals surface area (Å²) in [6, 6.07) is 0. The van der Waals surface area contributed by atoms with Crippen LogP contribution < -0.4 is 0 Å². The fourth-order valence-corrected chi connectivity index (χ4v) is 0. The minimum Gasteiger partial charge on any atom is 0 e. The maximum atomic E-state index is 0. The Balaban J connectivity index is 0. The molecule has 4 heteroatoms. The molecule has 0 N–H and O–H groups in total. The molecular weight excluding hydrogens is 724 g/mol. The minimum atomic E-state index is 0. The van der Waals surface area contributed by atoms with Crippen LogP contribution in [0.5, 0.6) is 0 Å². The van der Waals surface area contributed by atoms with Crippen LogP contribution in [-0.4, -0.2) is 0 Å². The van der Waals surface area contributed by atoms with E-state index in [4.69, 9.17) is 0 Å². The van der Waals surface area contributed by atoms with Crippen LogP contribution in [0.3, 0.4) is 0 Å². The van der Waals surface area contributed by atoms with Crippen LogP contribution in [-0.2, 0) is 63.2 Å². The first kappa shape index (κ1) is 26.8. The molecular formula is LaPt3. The summed E-state index contributed by atoms with van der Waals surface area (Å²) in [7, 11) is 0. The van der Waals surface area contributed by atoms with E-state index in [9.17, 15) is 0 Å². The van der Waals surface area contributed by atoms with E-state index in [1.54, 1.807) is 0 Å². The van der Waals surface area contributed by atoms with Gasteiger partial charge >= 0.3 is 0 Å². The van der Waals surface area contributed by atoms with Crippen molar-refractivity contribution >= 4 is 0 Å². The second kappa shape index (κ2) is 16.3. The van der Waals surface area contributed by atoms with Crippen LogP contribution in [0.4, 0.5) is 0 Å². The molecule has 0 amide bonds. The van der Waals surface area contributed by atoms with Crippen LogP contribution >= 0.6 is 0 Å². The van der Waals surface area contributed by atoms with Crippen LogP contribution in [0.15, 0.2) is 0 Å². The van der Waals surface area contributed by atoms with Crippen molar-refractivity contribution in [1.82, 2.24) is 0 Å². The fraction of sp³-hybridized carbons (Fsp3) is 0. The van der Waals surface area contributed by atoms with Gasteiger partial charge in [0, 0.05) is 98.8 Å². The normalized spacial score (nSPS) is 0. The van der Waals surface area contributed by atoms with Gasteiger partial charge in [-0.05, 0) is 0 Å². The van der Waals surface area contributed by atoms with E-state index < -0.39 is 0 Å². The van der Waals surface area contributed by atoms with Crippen molar-refractivity contribution in [3.8, 4) is 0 Å². The average Bonchev–Trinajstić information content (AvgIpc) is 0. The van der Waals surface area contributed by atoms with E-state index >= 15 is 0 Å². The molecule has 0 aromatic heterocycles. The molecule has 0 aromatic rings. The molecule has 0 atom stereocenters. The summed E-state index contributed by atoms with van der Waals surface area (Å²) in [5, 5.41) is 0. The smallest absolute Gasteiger partial charge is 0 e. The monoisotopic (exact) mass is 724 g/mol. The molecule has 0 heterocycles.